The Hall–Kier alpha value is -0.130. The minimum Gasteiger partial charge on any atom is -0.252 e. The van der Waals surface area contributed by atoms with Gasteiger partial charge < -0.3 is 0 Å². The first-order valence-corrected chi connectivity index (χ1v) is 3.15. The van der Waals surface area contributed by atoms with Crippen molar-refractivity contribution >= 4 is 22.6 Å². The van der Waals surface area contributed by atoms with E-state index in [-0.39, 0.29) is 5.95 Å². The van der Waals surface area contributed by atoms with Crippen molar-refractivity contribution in [2.24, 2.45) is 0 Å². The normalized spacial score (nSPS) is 9.88. The van der Waals surface area contributed by atoms with E-state index in [1.807, 2.05) is 22.6 Å². The van der Waals surface area contributed by atoms with Crippen molar-refractivity contribution in [1.82, 2.24) is 10.2 Å². The van der Waals surface area contributed by atoms with Gasteiger partial charge in [0, 0.05) is 0 Å². The highest BCUT2D eigenvalue weighted by molar-refractivity contribution is 14.1. The summed E-state index contributed by atoms with van der Waals surface area (Å²) in [5.41, 5.74) is 0.711. The third-order valence-corrected chi connectivity index (χ3v) is 2.09. The van der Waals surface area contributed by atoms with E-state index in [1.54, 1.807) is 6.92 Å². The lowest BCUT2D eigenvalue weighted by atomic mass is 10.5. The van der Waals surface area contributed by atoms with Crippen LogP contribution in [0.5, 0.6) is 0 Å². The van der Waals surface area contributed by atoms with E-state index >= 15 is 0 Å². The van der Waals surface area contributed by atoms with Gasteiger partial charge in [0.05, 0.1) is 9.26 Å². The molecule has 1 rings (SSSR count). The number of halogens is 2. The summed E-state index contributed by atoms with van der Waals surface area (Å²) in [4.78, 5) is 0. The molecular formula is C4H4FIN2. The highest BCUT2D eigenvalue weighted by Gasteiger charge is 2.02. The Labute approximate surface area is 59.6 Å². The molecule has 0 fully saturated rings. The Balaban J connectivity index is 3.19. The first kappa shape index (κ1) is 6.00. The van der Waals surface area contributed by atoms with Gasteiger partial charge in [-0.05, 0) is 29.5 Å². The van der Waals surface area contributed by atoms with Crippen molar-refractivity contribution in [2.45, 2.75) is 6.92 Å². The minimum atomic E-state index is -0.344. The number of nitrogens with zero attached hydrogens (tertiary/aromatic N) is 1. The molecule has 0 saturated heterocycles. The zero-order valence-electron chi connectivity index (χ0n) is 4.20. The van der Waals surface area contributed by atoms with Crippen molar-refractivity contribution < 1.29 is 4.39 Å². The number of H-pyrrole nitrogens is 1. The molecule has 0 unspecified atom stereocenters. The third kappa shape index (κ3) is 0.841. The van der Waals surface area contributed by atoms with E-state index in [1.165, 1.54) is 0 Å². The fourth-order valence-corrected chi connectivity index (χ4v) is 0.631. The number of aromatic nitrogens is 2. The van der Waals surface area contributed by atoms with E-state index < -0.39 is 0 Å². The largest absolute Gasteiger partial charge is 0.252 e. The standard InChI is InChI=1S/C4H4FIN2/c1-2-3(6)4(5)8-7-2/h1H3,(H,7,8). The van der Waals surface area contributed by atoms with Crippen molar-refractivity contribution in [1.29, 1.82) is 0 Å². The summed E-state index contributed by atoms with van der Waals surface area (Å²) in [6.45, 7) is 1.75. The summed E-state index contributed by atoms with van der Waals surface area (Å²) in [7, 11) is 0. The first-order valence-electron chi connectivity index (χ1n) is 2.08. The van der Waals surface area contributed by atoms with E-state index in [0.29, 0.717) is 9.26 Å². The quantitative estimate of drug-likeness (QED) is 0.666. The van der Waals surface area contributed by atoms with Crippen LogP contribution in [0.25, 0.3) is 0 Å². The molecule has 0 aromatic carbocycles. The summed E-state index contributed by atoms with van der Waals surface area (Å²) in [5, 5.41) is 5.82. The van der Waals surface area contributed by atoms with Crippen molar-refractivity contribution in [3.05, 3.63) is 15.2 Å². The lowest BCUT2D eigenvalue weighted by Gasteiger charge is -1.77. The Bertz CT molecular complexity index is 176. The molecule has 44 valence electrons. The molecule has 8 heavy (non-hydrogen) atoms. The zero-order chi connectivity index (χ0) is 6.15. The van der Waals surface area contributed by atoms with Gasteiger partial charge in [0.1, 0.15) is 0 Å². The zero-order valence-corrected chi connectivity index (χ0v) is 6.36. The summed E-state index contributed by atoms with van der Waals surface area (Å²) in [6.07, 6.45) is 0. The molecule has 1 aromatic rings. The van der Waals surface area contributed by atoms with Crippen LogP contribution in [-0.2, 0) is 0 Å². The van der Waals surface area contributed by atoms with Crippen LogP contribution in [0.15, 0.2) is 0 Å². The second-order valence-corrected chi connectivity index (χ2v) is 2.52. The van der Waals surface area contributed by atoms with Gasteiger partial charge in [-0.15, -0.1) is 0 Å². The molecule has 1 N–H and O–H groups in total. The van der Waals surface area contributed by atoms with Crippen LogP contribution in [0.3, 0.4) is 0 Å². The van der Waals surface area contributed by atoms with E-state index in [4.69, 9.17) is 0 Å². The van der Waals surface area contributed by atoms with Crippen LogP contribution in [-0.4, -0.2) is 10.2 Å². The van der Waals surface area contributed by atoms with Crippen LogP contribution >= 0.6 is 22.6 Å². The van der Waals surface area contributed by atoms with Crippen LogP contribution in [0.2, 0.25) is 0 Å². The highest BCUT2D eigenvalue weighted by Crippen LogP contribution is 2.09. The van der Waals surface area contributed by atoms with Gasteiger partial charge >= 0.3 is 0 Å². The molecule has 1 aromatic heterocycles. The second kappa shape index (κ2) is 2.00. The van der Waals surface area contributed by atoms with E-state index in [2.05, 4.69) is 10.2 Å². The number of nitrogens with one attached hydrogen (secondary N) is 1. The molecule has 1 heterocycles. The Morgan fingerprint density at radius 3 is 2.50 bits per heavy atom. The van der Waals surface area contributed by atoms with Crippen molar-refractivity contribution in [3.8, 4) is 0 Å². The molecule has 2 nitrogen and oxygen atoms in total. The third-order valence-electron chi connectivity index (χ3n) is 0.832. The average molecular weight is 226 g/mol. The summed E-state index contributed by atoms with van der Waals surface area (Å²) in [6, 6.07) is 0. The summed E-state index contributed by atoms with van der Waals surface area (Å²) < 4.78 is 12.8. The Morgan fingerprint density at radius 1 is 1.75 bits per heavy atom. The number of hydrogen-bond acceptors (Lipinski definition) is 1. The number of aromatic amines is 1. The predicted molar refractivity (Wildman–Crippen MR) is 36.0 cm³/mol. The molecule has 0 bridgehead atoms. The first-order chi connectivity index (χ1) is 3.72. The molecule has 0 amide bonds. The molecule has 0 spiro atoms. The predicted octanol–water partition coefficient (Wildman–Crippen LogP) is 1.46. The molecule has 0 aliphatic rings. The van der Waals surface area contributed by atoms with Gasteiger partial charge in [0.2, 0.25) is 5.95 Å². The van der Waals surface area contributed by atoms with Crippen molar-refractivity contribution in [3.63, 3.8) is 0 Å². The number of hydrogen-bond donors (Lipinski definition) is 1. The Kier molecular flexibility index (Phi) is 1.50. The number of aryl methyl sites for hydroxylation is 1. The Morgan fingerprint density at radius 2 is 2.38 bits per heavy atom. The van der Waals surface area contributed by atoms with Gasteiger partial charge in [-0.25, -0.2) is 0 Å². The molecular weight excluding hydrogens is 222 g/mol. The lowest BCUT2D eigenvalue weighted by Crippen LogP contribution is -1.73. The topological polar surface area (TPSA) is 28.7 Å². The van der Waals surface area contributed by atoms with Gasteiger partial charge in [-0.1, -0.05) is 0 Å². The van der Waals surface area contributed by atoms with Gasteiger partial charge in [-0.2, -0.15) is 9.49 Å². The summed E-state index contributed by atoms with van der Waals surface area (Å²) >= 11 is 1.90. The monoisotopic (exact) mass is 226 g/mol. The average Bonchev–Trinajstić information content (AvgIpc) is 1.98. The maximum absolute atomic E-state index is 12.2. The molecule has 0 saturated carbocycles. The van der Waals surface area contributed by atoms with Gasteiger partial charge in [0.25, 0.3) is 0 Å². The van der Waals surface area contributed by atoms with Gasteiger partial charge in [-0.3, -0.25) is 5.10 Å². The van der Waals surface area contributed by atoms with Crippen molar-refractivity contribution in [2.75, 3.05) is 0 Å². The molecule has 0 aliphatic heterocycles. The molecule has 0 radical (unpaired) electrons. The van der Waals surface area contributed by atoms with Gasteiger partial charge in [0.15, 0.2) is 0 Å². The molecule has 4 heteroatoms. The fraction of sp³-hybridized carbons (Fsp3) is 0.250. The van der Waals surface area contributed by atoms with E-state index in [0.717, 1.165) is 0 Å². The fourth-order valence-electron chi connectivity index (χ4n) is 0.390. The maximum atomic E-state index is 12.2. The van der Waals surface area contributed by atoms with Crippen LogP contribution in [0.1, 0.15) is 5.69 Å². The lowest BCUT2D eigenvalue weighted by molar-refractivity contribution is 0.573. The van der Waals surface area contributed by atoms with Crippen LogP contribution in [0, 0.1) is 16.4 Å². The van der Waals surface area contributed by atoms with Crippen LogP contribution < -0.4 is 0 Å². The summed E-state index contributed by atoms with van der Waals surface area (Å²) in [5.74, 6) is -0.344. The SMILES string of the molecule is Cc1n[nH]c(F)c1I. The highest BCUT2D eigenvalue weighted by atomic mass is 127. The van der Waals surface area contributed by atoms with E-state index in [9.17, 15) is 4.39 Å². The second-order valence-electron chi connectivity index (χ2n) is 1.44. The van der Waals surface area contributed by atoms with Crippen LogP contribution in [0.4, 0.5) is 4.39 Å². The number of rotatable bonds is 0. The maximum Gasteiger partial charge on any atom is 0.222 e. The molecule has 0 aliphatic carbocycles. The smallest absolute Gasteiger partial charge is 0.222 e. The molecule has 0 atom stereocenters. The minimum absolute atomic E-state index is 0.344.